The lowest BCUT2D eigenvalue weighted by Gasteiger charge is -2.32. The number of aromatic nitrogens is 2. The Hall–Kier alpha value is -1.68. The minimum Gasteiger partial charge on any atom is -0.312 e. The van der Waals surface area contributed by atoms with Gasteiger partial charge in [0.1, 0.15) is 0 Å². The van der Waals surface area contributed by atoms with Gasteiger partial charge in [-0.25, -0.2) is 0 Å². The van der Waals surface area contributed by atoms with Crippen molar-refractivity contribution in [1.82, 2.24) is 15.1 Å². The summed E-state index contributed by atoms with van der Waals surface area (Å²) in [6, 6.07) is 7.94. The van der Waals surface area contributed by atoms with Gasteiger partial charge in [-0.15, -0.1) is 0 Å². The molecule has 20 heavy (non-hydrogen) atoms. The second-order valence-electron chi connectivity index (χ2n) is 6.18. The molecule has 4 nitrogen and oxygen atoms in total. The molecule has 0 radical (unpaired) electrons. The van der Waals surface area contributed by atoms with Crippen LogP contribution in [0.5, 0.6) is 0 Å². The fraction of sp³-hybridized carbons (Fsp3) is 0.500. The van der Waals surface area contributed by atoms with Gasteiger partial charge in [-0.05, 0) is 24.1 Å². The molecule has 2 aromatic rings. The molecule has 0 amide bonds. The number of benzene rings is 1. The van der Waals surface area contributed by atoms with Crippen LogP contribution in [0.3, 0.4) is 0 Å². The van der Waals surface area contributed by atoms with E-state index in [4.69, 9.17) is 0 Å². The van der Waals surface area contributed by atoms with E-state index in [2.05, 4.69) is 38.1 Å². The molecule has 2 rings (SSSR count). The van der Waals surface area contributed by atoms with Crippen LogP contribution in [-0.2, 0) is 6.54 Å². The molecule has 0 aliphatic carbocycles. The first-order valence-corrected chi connectivity index (χ1v) is 7.11. The summed E-state index contributed by atoms with van der Waals surface area (Å²) in [5.41, 5.74) is 1.00. The van der Waals surface area contributed by atoms with Crippen LogP contribution in [0.2, 0.25) is 0 Å². The highest BCUT2D eigenvalue weighted by atomic mass is 16.1. The molecule has 1 atom stereocenters. The van der Waals surface area contributed by atoms with Crippen LogP contribution in [0.15, 0.2) is 35.3 Å². The van der Waals surface area contributed by atoms with Gasteiger partial charge < -0.3 is 5.32 Å². The molecule has 1 N–H and O–H groups in total. The topological polar surface area (TPSA) is 46.9 Å². The summed E-state index contributed by atoms with van der Waals surface area (Å²) < 4.78 is 1.93. The van der Waals surface area contributed by atoms with E-state index < -0.39 is 0 Å². The number of hydrogen-bond acceptors (Lipinski definition) is 3. The predicted molar refractivity (Wildman–Crippen MR) is 82.9 cm³/mol. The average molecular weight is 273 g/mol. The van der Waals surface area contributed by atoms with Gasteiger partial charge in [0, 0.05) is 11.4 Å². The summed E-state index contributed by atoms with van der Waals surface area (Å²) in [6.07, 6.45) is 1.41. The first-order chi connectivity index (χ1) is 9.43. The molecule has 0 saturated heterocycles. The van der Waals surface area contributed by atoms with Crippen LogP contribution in [0, 0.1) is 5.41 Å². The molecular formula is C16H23N3O. The van der Waals surface area contributed by atoms with Crippen LogP contribution in [0.4, 0.5) is 0 Å². The van der Waals surface area contributed by atoms with Gasteiger partial charge in [-0.2, -0.15) is 5.10 Å². The maximum atomic E-state index is 11.8. The number of likely N-dealkylation sites (N-methyl/N-ethyl adjacent to an activating group) is 1. The summed E-state index contributed by atoms with van der Waals surface area (Å²) >= 11 is 0. The van der Waals surface area contributed by atoms with Crippen molar-refractivity contribution < 1.29 is 0 Å². The van der Waals surface area contributed by atoms with Crippen LogP contribution in [-0.4, -0.2) is 22.4 Å². The number of nitrogens with one attached hydrogen (secondary N) is 1. The van der Waals surface area contributed by atoms with E-state index in [-0.39, 0.29) is 10.8 Å². The van der Waals surface area contributed by atoms with Crippen molar-refractivity contribution in [3.8, 4) is 0 Å². The third-order valence-corrected chi connectivity index (χ3v) is 3.61. The molecule has 0 aliphatic heterocycles. The van der Waals surface area contributed by atoms with Gasteiger partial charge in [-0.3, -0.25) is 9.48 Å². The fourth-order valence-corrected chi connectivity index (χ4v) is 2.37. The second kappa shape index (κ2) is 5.75. The van der Waals surface area contributed by atoms with Gasteiger partial charge in [0.25, 0.3) is 0 Å². The largest absolute Gasteiger partial charge is 0.312 e. The Kier molecular flexibility index (Phi) is 4.23. The number of rotatable bonds is 4. The average Bonchev–Trinajstić information content (AvgIpc) is 2.40. The third-order valence-electron chi connectivity index (χ3n) is 3.61. The van der Waals surface area contributed by atoms with E-state index in [1.165, 1.54) is 6.20 Å². The zero-order valence-electron chi connectivity index (χ0n) is 12.7. The van der Waals surface area contributed by atoms with Crippen molar-refractivity contribution >= 4 is 10.9 Å². The van der Waals surface area contributed by atoms with Gasteiger partial charge in [0.05, 0.1) is 18.3 Å². The first-order valence-electron chi connectivity index (χ1n) is 7.11. The zero-order chi connectivity index (χ0) is 14.8. The number of nitrogens with zero attached hydrogens (tertiary/aromatic N) is 2. The standard InChI is InChI=1S/C16H23N3O/c1-5-17-15(16(2,3)4)11-19-13-9-7-6-8-12(13)14(20)10-18-19/h6-10,15,17H,5,11H2,1-4H3. The third kappa shape index (κ3) is 3.07. The van der Waals surface area contributed by atoms with Gasteiger partial charge in [0.15, 0.2) is 0 Å². The highest BCUT2D eigenvalue weighted by molar-refractivity contribution is 5.77. The normalized spacial score (nSPS) is 13.6. The Balaban J connectivity index is 2.43. The van der Waals surface area contributed by atoms with Gasteiger partial charge in [-0.1, -0.05) is 39.8 Å². The van der Waals surface area contributed by atoms with E-state index in [1.54, 1.807) is 0 Å². The maximum Gasteiger partial charge on any atom is 0.207 e. The minimum atomic E-state index is -0.0207. The van der Waals surface area contributed by atoms with Crippen molar-refractivity contribution in [3.63, 3.8) is 0 Å². The molecule has 4 heteroatoms. The van der Waals surface area contributed by atoms with E-state index >= 15 is 0 Å². The summed E-state index contributed by atoms with van der Waals surface area (Å²) in [5, 5.41) is 8.55. The summed E-state index contributed by atoms with van der Waals surface area (Å²) in [7, 11) is 0. The molecule has 1 aromatic heterocycles. The monoisotopic (exact) mass is 273 g/mol. The lowest BCUT2D eigenvalue weighted by atomic mass is 9.86. The van der Waals surface area contributed by atoms with Crippen molar-refractivity contribution in [2.45, 2.75) is 40.3 Å². The van der Waals surface area contributed by atoms with Crippen molar-refractivity contribution in [3.05, 3.63) is 40.7 Å². The van der Waals surface area contributed by atoms with Gasteiger partial charge in [0.2, 0.25) is 5.43 Å². The van der Waals surface area contributed by atoms with Crippen molar-refractivity contribution in [1.29, 1.82) is 0 Å². The lowest BCUT2D eigenvalue weighted by molar-refractivity contribution is 0.240. The van der Waals surface area contributed by atoms with E-state index in [9.17, 15) is 4.79 Å². The number of para-hydroxylation sites is 1. The van der Waals surface area contributed by atoms with Crippen LogP contribution in [0.1, 0.15) is 27.7 Å². The SMILES string of the molecule is CCNC(Cn1ncc(=O)c2ccccc21)C(C)(C)C. The molecule has 1 aromatic carbocycles. The summed E-state index contributed by atoms with van der Waals surface area (Å²) in [5.74, 6) is 0. The Morgan fingerprint density at radius 2 is 2.00 bits per heavy atom. The molecule has 1 heterocycles. The molecule has 1 unspecified atom stereocenters. The van der Waals surface area contributed by atoms with E-state index in [0.29, 0.717) is 6.04 Å². The minimum absolute atomic E-state index is 0.0207. The Bertz CT molecular complexity index is 640. The van der Waals surface area contributed by atoms with Crippen LogP contribution in [0.25, 0.3) is 10.9 Å². The Labute approximate surface area is 119 Å². The summed E-state index contributed by atoms with van der Waals surface area (Å²) in [6.45, 7) is 10.4. The fourth-order valence-electron chi connectivity index (χ4n) is 2.37. The highest BCUT2D eigenvalue weighted by Gasteiger charge is 2.24. The van der Waals surface area contributed by atoms with Gasteiger partial charge >= 0.3 is 0 Å². The molecule has 0 fully saturated rings. The zero-order valence-corrected chi connectivity index (χ0v) is 12.7. The van der Waals surface area contributed by atoms with Crippen LogP contribution < -0.4 is 10.7 Å². The van der Waals surface area contributed by atoms with Crippen molar-refractivity contribution in [2.75, 3.05) is 6.54 Å². The van der Waals surface area contributed by atoms with Crippen LogP contribution >= 0.6 is 0 Å². The molecule has 0 bridgehead atoms. The predicted octanol–water partition coefficient (Wildman–Crippen LogP) is 2.42. The number of hydrogen-bond donors (Lipinski definition) is 1. The van der Waals surface area contributed by atoms with E-state index in [1.807, 2.05) is 28.9 Å². The smallest absolute Gasteiger partial charge is 0.207 e. The van der Waals surface area contributed by atoms with E-state index in [0.717, 1.165) is 24.0 Å². The Morgan fingerprint density at radius 1 is 1.30 bits per heavy atom. The quantitative estimate of drug-likeness (QED) is 0.930. The molecular weight excluding hydrogens is 250 g/mol. The molecule has 0 saturated carbocycles. The molecule has 0 aliphatic rings. The Morgan fingerprint density at radius 3 is 2.65 bits per heavy atom. The first kappa shape index (κ1) is 14.7. The van der Waals surface area contributed by atoms with Crippen molar-refractivity contribution in [2.24, 2.45) is 5.41 Å². The molecule has 0 spiro atoms. The molecule has 108 valence electrons. The highest BCUT2D eigenvalue weighted by Crippen LogP contribution is 2.21. The lowest BCUT2D eigenvalue weighted by Crippen LogP contribution is -2.43. The second-order valence-corrected chi connectivity index (χ2v) is 6.18. The summed E-state index contributed by atoms with van der Waals surface area (Å²) in [4.78, 5) is 11.8. The number of fused-ring (bicyclic) bond motifs is 1. The maximum absolute atomic E-state index is 11.8.